The third-order valence-electron chi connectivity index (χ3n) is 8.53. The van der Waals surface area contributed by atoms with Gasteiger partial charge in [0.1, 0.15) is 5.58 Å². The molecule has 0 fully saturated rings. The summed E-state index contributed by atoms with van der Waals surface area (Å²) < 4.78 is 8.82. The first kappa shape index (κ1) is 30.3. The maximum absolute atomic E-state index is 6.49. The molecule has 9 aromatic rings. The largest absolute Gasteiger partial charge is 0.501 e. The van der Waals surface area contributed by atoms with Gasteiger partial charge in [0.15, 0.2) is 0 Å². The number of pyridine rings is 2. The van der Waals surface area contributed by atoms with Crippen molar-refractivity contribution in [3.05, 3.63) is 163 Å². The summed E-state index contributed by atoms with van der Waals surface area (Å²) in [4.78, 5) is 8.94. The number of hydrogen-bond donors (Lipinski definition) is 0. The van der Waals surface area contributed by atoms with Gasteiger partial charge in [-0.25, -0.2) is 0 Å². The van der Waals surface area contributed by atoms with E-state index in [0.29, 0.717) is 0 Å². The van der Waals surface area contributed by atoms with Crippen LogP contribution in [-0.4, -0.2) is 14.5 Å². The third kappa shape index (κ3) is 5.44. The van der Waals surface area contributed by atoms with Gasteiger partial charge in [-0.1, -0.05) is 83.9 Å². The molecule has 4 nitrogen and oxygen atoms in total. The number of aryl methyl sites for hydroxylation is 2. The first-order valence-electron chi connectivity index (χ1n) is 15.3. The van der Waals surface area contributed by atoms with Crippen LogP contribution >= 0.6 is 0 Å². The second-order valence-corrected chi connectivity index (χ2v) is 11.4. The number of nitrogens with zero attached hydrogens (tertiary/aromatic N) is 3. The van der Waals surface area contributed by atoms with Gasteiger partial charge in [-0.3, -0.25) is 0 Å². The summed E-state index contributed by atoms with van der Waals surface area (Å²) in [6, 6.07) is 50.0. The zero-order valence-corrected chi connectivity index (χ0v) is 28.3. The molecule has 0 bridgehead atoms. The summed E-state index contributed by atoms with van der Waals surface area (Å²) in [7, 11) is 0. The van der Waals surface area contributed by atoms with Crippen molar-refractivity contribution in [1.29, 1.82) is 0 Å². The van der Waals surface area contributed by atoms with Gasteiger partial charge in [-0.05, 0) is 66.1 Å². The summed E-state index contributed by atoms with van der Waals surface area (Å²) in [6.07, 6.45) is 3.71. The fourth-order valence-corrected chi connectivity index (χ4v) is 6.14. The molecule has 5 aromatic carbocycles. The zero-order valence-electron chi connectivity index (χ0n) is 25.9. The summed E-state index contributed by atoms with van der Waals surface area (Å²) in [5.41, 5.74) is 11.2. The van der Waals surface area contributed by atoms with E-state index in [1.807, 2.05) is 60.8 Å². The fraction of sp³-hybridized carbons (Fsp3) is 0.0476. The summed E-state index contributed by atoms with van der Waals surface area (Å²) in [5, 5.41) is 4.64. The summed E-state index contributed by atoms with van der Waals surface area (Å²) >= 11 is 0. The maximum atomic E-state index is 6.49. The number of aromatic nitrogens is 3. The van der Waals surface area contributed by atoms with Crippen LogP contribution in [0.2, 0.25) is 0 Å². The van der Waals surface area contributed by atoms with Gasteiger partial charge in [-0.2, -0.15) is 0 Å². The number of hydrogen-bond acceptors (Lipinski definition) is 3. The molecule has 0 unspecified atom stereocenters. The Morgan fingerprint density at radius 2 is 1.32 bits per heavy atom. The molecule has 0 amide bonds. The molecule has 0 aliphatic heterocycles. The zero-order chi connectivity index (χ0) is 31.0. The van der Waals surface area contributed by atoms with Gasteiger partial charge in [0.05, 0.1) is 5.58 Å². The predicted octanol–water partition coefficient (Wildman–Crippen LogP) is 10.7. The van der Waals surface area contributed by atoms with Gasteiger partial charge in [-0.15, -0.1) is 48.0 Å². The molecule has 4 heterocycles. The van der Waals surface area contributed by atoms with Crippen molar-refractivity contribution in [1.82, 2.24) is 14.5 Å². The number of para-hydroxylation sites is 3. The maximum Gasteiger partial charge on any atom is 0.121 e. The third-order valence-corrected chi connectivity index (χ3v) is 8.53. The van der Waals surface area contributed by atoms with Crippen LogP contribution < -0.4 is 0 Å². The Morgan fingerprint density at radius 1 is 0.638 bits per heavy atom. The van der Waals surface area contributed by atoms with Crippen LogP contribution in [0.15, 0.2) is 144 Å². The Bertz CT molecular complexity index is 2410. The van der Waals surface area contributed by atoms with Crippen LogP contribution in [-0.2, 0) is 20.1 Å². The molecule has 0 saturated carbocycles. The second kappa shape index (κ2) is 12.8. The van der Waals surface area contributed by atoms with E-state index >= 15 is 0 Å². The summed E-state index contributed by atoms with van der Waals surface area (Å²) in [6.45, 7) is 4.20. The summed E-state index contributed by atoms with van der Waals surface area (Å²) in [5.74, 6) is 0. The molecule has 9 rings (SSSR count). The SMILES string of the molecule is Cc1cnc(-c2[c-]cc(-n3c4ccccc4c4ccccc43)c3c2oc2ccccc23)cc1C.[Ir].[c-]1ccccc1-c1ccccn1. The van der Waals surface area contributed by atoms with Crippen molar-refractivity contribution in [2.24, 2.45) is 0 Å². The van der Waals surface area contributed by atoms with E-state index < -0.39 is 0 Å². The van der Waals surface area contributed by atoms with Crippen molar-refractivity contribution in [3.8, 4) is 28.2 Å². The molecule has 4 aromatic heterocycles. The van der Waals surface area contributed by atoms with Gasteiger partial charge in [0, 0.05) is 59.7 Å². The Morgan fingerprint density at radius 3 is 2.00 bits per heavy atom. The Kier molecular flexibility index (Phi) is 8.26. The predicted molar refractivity (Wildman–Crippen MR) is 188 cm³/mol. The fourth-order valence-electron chi connectivity index (χ4n) is 6.14. The van der Waals surface area contributed by atoms with Gasteiger partial charge < -0.3 is 19.0 Å². The van der Waals surface area contributed by atoms with Gasteiger partial charge in [0.2, 0.25) is 0 Å². The minimum absolute atomic E-state index is 0. The topological polar surface area (TPSA) is 43.9 Å². The van der Waals surface area contributed by atoms with Gasteiger partial charge in [0.25, 0.3) is 0 Å². The van der Waals surface area contributed by atoms with Crippen LogP contribution in [0.4, 0.5) is 0 Å². The molecular formula is C42H29IrN3O-2. The molecular weight excluding hydrogens is 755 g/mol. The number of rotatable bonds is 3. The molecule has 0 aliphatic carbocycles. The Labute approximate surface area is 286 Å². The van der Waals surface area contributed by atoms with E-state index in [2.05, 4.69) is 108 Å². The van der Waals surface area contributed by atoms with Crippen molar-refractivity contribution >= 4 is 43.7 Å². The molecule has 0 N–H and O–H groups in total. The van der Waals surface area contributed by atoms with E-state index in [4.69, 9.17) is 9.40 Å². The minimum atomic E-state index is 0. The van der Waals surface area contributed by atoms with Crippen LogP contribution in [0.3, 0.4) is 0 Å². The molecule has 0 aliphatic rings. The van der Waals surface area contributed by atoms with E-state index in [9.17, 15) is 0 Å². The van der Waals surface area contributed by atoms with E-state index in [1.165, 1.54) is 32.9 Å². The van der Waals surface area contributed by atoms with Crippen molar-refractivity contribution in [2.45, 2.75) is 13.8 Å². The van der Waals surface area contributed by atoms with Crippen LogP contribution in [0.5, 0.6) is 0 Å². The average molecular weight is 784 g/mol. The standard InChI is InChI=1S/C31H21N2O.C11H8N.Ir/c1-19-17-25(32-18-20(19)2)23-15-16-28(30-24-11-5-8-14-29(24)34-31(23)30)33-26-12-6-3-9-21(26)22-10-4-7-13-27(22)33;1-2-6-10(7-3-1)11-8-4-5-9-12-11;/h3-14,16-18H,1-2H3;1-6,8-9H;/q2*-1;. The Hall–Kier alpha value is -5.35. The molecule has 47 heavy (non-hydrogen) atoms. The monoisotopic (exact) mass is 784 g/mol. The normalized spacial score (nSPS) is 11.0. The molecule has 0 saturated heterocycles. The molecule has 5 heteroatoms. The molecule has 229 valence electrons. The molecule has 0 spiro atoms. The molecule has 0 atom stereocenters. The van der Waals surface area contributed by atoms with Crippen LogP contribution in [0.1, 0.15) is 11.1 Å². The second-order valence-electron chi connectivity index (χ2n) is 11.4. The first-order valence-corrected chi connectivity index (χ1v) is 15.3. The number of benzene rings is 5. The van der Waals surface area contributed by atoms with E-state index in [-0.39, 0.29) is 20.1 Å². The van der Waals surface area contributed by atoms with E-state index in [1.54, 1.807) is 6.20 Å². The molecule has 1 radical (unpaired) electrons. The quantitative estimate of drug-likeness (QED) is 0.168. The van der Waals surface area contributed by atoms with Gasteiger partial charge >= 0.3 is 0 Å². The average Bonchev–Trinajstić information content (AvgIpc) is 3.67. The van der Waals surface area contributed by atoms with Crippen molar-refractivity contribution in [3.63, 3.8) is 0 Å². The smallest absolute Gasteiger partial charge is 0.121 e. The van der Waals surface area contributed by atoms with E-state index in [0.717, 1.165) is 50.1 Å². The van der Waals surface area contributed by atoms with Crippen LogP contribution in [0.25, 0.3) is 71.9 Å². The number of fused-ring (bicyclic) bond motifs is 6. The van der Waals surface area contributed by atoms with Crippen molar-refractivity contribution < 1.29 is 24.5 Å². The number of furan rings is 1. The first-order chi connectivity index (χ1) is 22.7. The Balaban J connectivity index is 0.000000228. The minimum Gasteiger partial charge on any atom is -0.501 e. The van der Waals surface area contributed by atoms with Crippen molar-refractivity contribution in [2.75, 3.05) is 0 Å². The van der Waals surface area contributed by atoms with Crippen LogP contribution in [0, 0.1) is 26.0 Å².